The maximum atomic E-state index is 11.8. The molecule has 2 N–H and O–H groups in total. The third kappa shape index (κ3) is 4.71. The Bertz CT molecular complexity index is 640. The van der Waals surface area contributed by atoms with E-state index in [1.807, 2.05) is 30.3 Å². The number of nitrogens with one attached hydrogen (secondary N) is 1. The summed E-state index contributed by atoms with van der Waals surface area (Å²) in [7, 11) is 0. The molecule has 0 aliphatic carbocycles. The molecular formula is C17H17NO4. The summed E-state index contributed by atoms with van der Waals surface area (Å²) < 4.78 is 5.43. The van der Waals surface area contributed by atoms with Crippen LogP contribution in [0.2, 0.25) is 0 Å². The van der Waals surface area contributed by atoms with Crippen LogP contribution in [0.4, 0.5) is 5.69 Å². The van der Waals surface area contributed by atoms with Crippen molar-refractivity contribution in [1.82, 2.24) is 0 Å². The molecule has 114 valence electrons. The predicted molar refractivity (Wildman–Crippen MR) is 82.7 cm³/mol. The second kappa shape index (κ2) is 7.95. The molecule has 0 radical (unpaired) electrons. The summed E-state index contributed by atoms with van der Waals surface area (Å²) in [6.07, 6.45) is 0.167. The number of aromatic carboxylic acids is 1. The minimum atomic E-state index is -1.07. The molecule has 0 spiro atoms. The Hall–Kier alpha value is -2.66. The number of carbonyl (C=O) groups is 2. The highest BCUT2D eigenvalue weighted by atomic mass is 16.5. The molecule has 22 heavy (non-hydrogen) atoms. The highest BCUT2D eigenvalue weighted by Gasteiger charge is 2.11. The molecule has 0 heterocycles. The van der Waals surface area contributed by atoms with Crippen molar-refractivity contribution in [1.29, 1.82) is 0 Å². The van der Waals surface area contributed by atoms with E-state index in [0.717, 1.165) is 5.56 Å². The van der Waals surface area contributed by atoms with E-state index in [1.165, 1.54) is 6.07 Å². The van der Waals surface area contributed by atoms with E-state index in [4.69, 9.17) is 9.84 Å². The summed E-state index contributed by atoms with van der Waals surface area (Å²) in [5.74, 6) is -1.35. The van der Waals surface area contributed by atoms with Crippen molar-refractivity contribution in [3.8, 4) is 0 Å². The number of ether oxygens (including phenoxy) is 1. The normalized spacial score (nSPS) is 10.2. The molecule has 1 amide bonds. The van der Waals surface area contributed by atoms with Crippen molar-refractivity contribution in [3.63, 3.8) is 0 Å². The minimum Gasteiger partial charge on any atom is -0.478 e. The summed E-state index contributed by atoms with van der Waals surface area (Å²) >= 11 is 0. The average molecular weight is 299 g/mol. The lowest BCUT2D eigenvalue weighted by molar-refractivity contribution is -0.117. The lowest BCUT2D eigenvalue weighted by Gasteiger charge is -2.08. The molecular weight excluding hydrogens is 282 g/mol. The van der Waals surface area contributed by atoms with E-state index in [1.54, 1.807) is 18.2 Å². The van der Waals surface area contributed by atoms with Gasteiger partial charge in [0.15, 0.2) is 0 Å². The Kier molecular flexibility index (Phi) is 5.68. The van der Waals surface area contributed by atoms with Gasteiger partial charge in [0.2, 0.25) is 5.91 Å². The van der Waals surface area contributed by atoms with Gasteiger partial charge in [0.1, 0.15) is 0 Å². The fourth-order valence-electron chi connectivity index (χ4n) is 1.92. The van der Waals surface area contributed by atoms with E-state index in [9.17, 15) is 9.59 Å². The van der Waals surface area contributed by atoms with Crippen LogP contribution in [0.5, 0.6) is 0 Å². The van der Waals surface area contributed by atoms with Gasteiger partial charge in [0.25, 0.3) is 0 Å². The topological polar surface area (TPSA) is 75.6 Å². The first-order chi connectivity index (χ1) is 10.7. The number of hydrogen-bond donors (Lipinski definition) is 2. The number of benzene rings is 2. The maximum Gasteiger partial charge on any atom is 0.337 e. The number of carboxylic acids is 1. The number of rotatable bonds is 7. The Morgan fingerprint density at radius 1 is 1.00 bits per heavy atom. The van der Waals surface area contributed by atoms with Gasteiger partial charge in [-0.2, -0.15) is 0 Å². The van der Waals surface area contributed by atoms with Crippen LogP contribution in [0, 0.1) is 0 Å². The van der Waals surface area contributed by atoms with E-state index in [-0.39, 0.29) is 24.5 Å². The predicted octanol–water partition coefficient (Wildman–Crippen LogP) is 2.93. The number of anilines is 1. The lowest BCUT2D eigenvalue weighted by atomic mass is 10.2. The van der Waals surface area contributed by atoms with Crippen molar-refractivity contribution in [2.45, 2.75) is 13.0 Å². The first-order valence-corrected chi connectivity index (χ1v) is 6.90. The van der Waals surface area contributed by atoms with E-state index < -0.39 is 5.97 Å². The number of carboxylic acid groups (broad SMARTS) is 1. The molecule has 0 aromatic heterocycles. The minimum absolute atomic E-state index is 0.0704. The quantitative estimate of drug-likeness (QED) is 0.771. The highest BCUT2D eigenvalue weighted by Crippen LogP contribution is 2.15. The van der Waals surface area contributed by atoms with Gasteiger partial charge in [0, 0.05) is 0 Å². The Balaban J connectivity index is 1.78. The number of hydrogen-bond acceptors (Lipinski definition) is 3. The molecule has 0 atom stereocenters. The second-order valence-corrected chi connectivity index (χ2v) is 4.69. The van der Waals surface area contributed by atoms with Gasteiger partial charge >= 0.3 is 5.97 Å². The average Bonchev–Trinajstić information content (AvgIpc) is 2.53. The molecule has 0 aliphatic heterocycles. The standard InChI is InChI=1S/C17H17NO4/c19-16(10-11-22-12-13-6-2-1-3-7-13)18-15-9-5-4-8-14(15)17(20)21/h1-9H,10-12H2,(H,18,19)(H,20,21). The zero-order chi connectivity index (χ0) is 15.8. The molecule has 0 fully saturated rings. The number of carbonyl (C=O) groups excluding carboxylic acids is 1. The molecule has 0 saturated heterocycles. The van der Waals surface area contributed by atoms with Gasteiger partial charge < -0.3 is 15.2 Å². The van der Waals surface area contributed by atoms with Gasteiger partial charge in [-0.1, -0.05) is 42.5 Å². The summed E-state index contributed by atoms with van der Waals surface area (Å²) in [4.78, 5) is 22.9. The summed E-state index contributed by atoms with van der Waals surface area (Å²) in [5, 5.41) is 11.6. The summed E-state index contributed by atoms with van der Waals surface area (Å²) in [6.45, 7) is 0.718. The van der Waals surface area contributed by atoms with Crippen LogP contribution < -0.4 is 5.32 Å². The molecule has 0 saturated carbocycles. The van der Waals surface area contributed by atoms with Gasteiger partial charge in [-0.15, -0.1) is 0 Å². The van der Waals surface area contributed by atoms with Crippen molar-refractivity contribution in [2.75, 3.05) is 11.9 Å². The van der Waals surface area contributed by atoms with Gasteiger partial charge in [-0.05, 0) is 17.7 Å². The van der Waals surface area contributed by atoms with Crippen LogP contribution in [0.15, 0.2) is 54.6 Å². The van der Waals surface area contributed by atoms with Crippen molar-refractivity contribution >= 4 is 17.6 Å². The maximum absolute atomic E-state index is 11.8. The SMILES string of the molecule is O=C(CCOCc1ccccc1)Nc1ccccc1C(=O)O. The van der Waals surface area contributed by atoms with E-state index in [2.05, 4.69) is 5.32 Å². The van der Waals surface area contributed by atoms with Gasteiger partial charge in [-0.25, -0.2) is 4.79 Å². The van der Waals surface area contributed by atoms with Crippen LogP contribution in [0.1, 0.15) is 22.3 Å². The van der Waals surface area contributed by atoms with Crippen LogP contribution in [-0.2, 0) is 16.1 Å². The van der Waals surface area contributed by atoms with E-state index >= 15 is 0 Å². The smallest absolute Gasteiger partial charge is 0.337 e. The van der Waals surface area contributed by atoms with Crippen LogP contribution in [-0.4, -0.2) is 23.6 Å². The fraction of sp³-hybridized carbons (Fsp3) is 0.176. The Labute approximate surface area is 128 Å². The van der Waals surface area contributed by atoms with Crippen LogP contribution in [0.3, 0.4) is 0 Å². The number of para-hydroxylation sites is 1. The summed E-state index contributed by atoms with van der Waals surface area (Å²) in [5.41, 5.74) is 1.41. The molecule has 0 bridgehead atoms. The van der Waals surface area contributed by atoms with Crippen molar-refractivity contribution in [2.24, 2.45) is 0 Å². The van der Waals surface area contributed by atoms with Crippen molar-refractivity contribution in [3.05, 3.63) is 65.7 Å². The van der Waals surface area contributed by atoms with Crippen molar-refractivity contribution < 1.29 is 19.4 Å². The Morgan fingerprint density at radius 3 is 2.41 bits per heavy atom. The third-order valence-corrected chi connectivity index (χ3v) is 3.02. The molecule has 0 aliphatic rings. The fourth-order valence-corrected chi connectivity index (χ4v) is 1.92. The zero-order valence-electron chi connectivity index (χ0n) is 12.0. The van der Waals surface area contributed by atoms with Gasteiger partial charge in [-0.3, -0.25) is 4.79 Å². The van der Waals surface area contributed by atoms with Crippen LogP contribution in [0.25, 0.3) is 0 Å². The molecule has 5 nitrogen and oxygen atoms in total. The monoisotopic (exact) mass is 299 g/mol. The molecule has 5 heteroatoms. The zero-order valence-corrected chi connectivity index (χ0v) is 12.0. The molecule has 2 rings (SSSR count). The Morgan fingerprint density at radius 2 is 1.68 bits per heavy atom. The van der Waals surface area contributed by atoms with Gasteiger partial charge in [0.05, 0.1) is 30.9 Å². The second-order valence-electron chi connectivity index (χ2n) is 4.69. The lowest BCUT2D eigenvalue weighted by Crippen LogP contribution is -2.16. The summed E-state index contributed by atoms with van der Waals surface area (Å²) in [6, 6.07) is 16.0. The van der Waals surface area contributed by atoms with Crippen LogP contribution >= 0.6 is 0 Å². The largest absolute Gasteiger partial charge is 0.478 e. The highest BCUT2D eigenvalue weighted by molar-refractivity contribution is 6.00. The number of amides is 1. The molecule has 2 aromatic carbocycles. The van der Waals surface area contributed by atoms with E-state index in [0.29, 0.717) is 12.3 Å². The molecule has 0 unspecified atom stereocenters. The third-order valence-electron chi connectivity index (χ3n) is 3.02. The first kappa shape index (κ1) is 15.7. The first-order valence-electron chi connectivity index (χ1n) is 6.90. The molecule has 2 aromatic rings.